The van der Waals surface area contributed by atoms with Crippen LogP contribution in [0.25, 0.3) is 0 Å². The van der Waals surface area contributed by atoms with Crippen LogP contribution in [0.4, 0.5) is 5.69 Å². The van der Waals surface area contributed by atoms with E-state index in [1.807, 2.05) is 18.2 Å². The Kier molecular flexibility index (Phi) is 5.43. The van der Waals surface area contributed by atoms with Crippen molar-refractivity contribution in [3.8, 4) is 0 Å². The first-order valence-electron chi connectivity index (χ1n) is 7.20. The van der Waals surface area contributed by atoms with Crippen LogP contribution in [-0.2, 0) is 0 Å². The van der Waals surface area contributed by atoms with Crippen LogP contribution in [0.15, 0.2) is 22.7 Å². The van der Waals surface area contributed by atoms with E-state index in [2.05, 4.69) is 33.1 Å². The minimum atomic E-state index is -0.377. The number of benzene rings is 1. The number of piperidine rings is 1. The number of amides is 1. The van der Waals surface area contributed by atoms with Gasteiger partial charge in [0.1, 0.15) is 0 Å². The lowest BCUT2D eigenvalue weighted by Gasteiger charge is -2.37. The summed E-state index contributed by atoms with van der Waals surface area (Å²) >= 11 is 3.45. The lowest BCUT2D eigenvalue weighted by atomic mass is 10.0. The van der Waals surface area contributed by atoms with E-state index < -0.39 is 0 Å². The van der Waals surface area contributed by atoms with Crippen molar-refractivity contribution in [1.82, 2.24) is 5.32 Å². The maximum absolute atomic E-state index is 11.8. The fraction of sp³-hybridized carbons (Fsp3) is 0.533. The number of nitrogens with two attached hydrogens (primary N) is 1. The summed E-state index contributed by atoms with van der Waals surface area (Å²) in [6.45, 7) is 5.14. The first-order valence-corrected chi connectivity index (χ1v) is 8.00. The zero-order valence-electron chi connectivity index (χ0n) is 11.9. The van der Waals surface area contributed by atoms with Gasteiger partial charge in [0.2, 0.25) is 0 Å². The molecular weight excluding hydrogens is 318 g/mol. The lowest BCUT2D eigenvalue weighted by Crippen LogP contribution is -2.47. The molecule has 20 heavy (non-hydrogen) atoms. The van der Waals surface area contributed by atoms with E-state index in [0.717, 1.165) is 42.6 Å². The molecule has 1 atom stereocenters. The Hall–Kier alpha value is -1.07. The van der Waals surface area contributed by atoms with Crippen molar-refractivity contribution in [2.75, 3.05) is 24.5 Å². The number of anilines is 1. The Morgan fingerprint density at radius 2 is 2.35 bits per heavy atom. The molecule has 1 heterocycles. The molecule has 1 unspecified atom stereocenters. The van der Waals surface area contributed by atoms with E-state index in [-0.39, 0.29) is 5.91 Å². The topological polar surface area (TPSA) is 58.4 Å². The monoisotopic (exact) mass is 339 g/mol. The molecule has 3 N–H and O–H groups in total. The lowest BCUT2D eigenvalue weighted by molar-refractivity contribution is 0.1000. The first kappa shape index (κ1) is 15.3. The highest BCUT2D eigenvalue weighted by Gasteiger charge is 2.24. The Labute approximate surface area is 128 Å². The van der Waals surface area contributed by atoms with Crippen molar-refractivity contribution in [3.63, 3.8) is 0 Å². The molecule has 0 saturated carbocycles. The predicted molar refractivity (Wildman–Crippen MR) is 86.2 cm³/mol. The maximum Gasteiger partial charge on any atom is 0.251 e. The second-order valence-electron chi connectivity index (χ2n) is 5.19. The van der Waals surface area contributed by atoms with Gasteiger partial charge in [-0.15, -0.1) is 0 Å². The zero-order valence-corrected chi connectivity index (χ0v) is 13.4. The van der Waals surface area contributed by atoms with Crippen LogP contribution >= 0.6 is 15.9 Å². The summed E-state index contributed by atoms with van der Waals surface area (Å²) in [7, 11) is 0. The summed E-state index contributed by atoms with van der Waals surface area (Å²) in [6, 6.07) is 6.25. The normalized spacial score (nSPS) is 18.8. The molecule has 0 bridgehead atoms. The largest absolute Gasteiger partial charge is 0.367 e. The molecule has 1 fully saturated rings. The van der Waals surface area contributed by atoms with Gasteiger partial charge >= 0.3 is 0 Å². The summed E-state index contributed by atoms with van der Waals surface area (Å²) < 4.78 is 0.771. The third-order valence-electron chi connectivity index (χ3n) is 3.72. The average molecular weight is 340 g/mol. The van der Waals surface area contributed by atoms with Gasteiger partial charge < -0.3 is 16.0 Å². The molecular formula is C15H22BrN3O. The van der Waals surface area contributed by atoms with Crippen LogP contribution in [-0.4, -0.2) is 31.6 Å². The average Bonchev–Trinajstić information content (AvgIpc) is 2.45. The maximum atomic E-state index is 11.8. The van der Waals surface area contributed by atoms with Gasteiger partial charge in [-0.1, -0.05) is 13.0 Å². The molecule has 1 saturated heterocycles. The van der Waals surface area contributed by atoms with E-state index in [1.54, 1.807) is 0 Å². The fourth-order valence-electron chi connectivity index (χ4n) is 2.84. The van der Waals surface area contributed by atoms with Crippen LogP contribution in [0.2, 0.25) is 0 Å². The number of halogens is 1. The standard InChI is InChI=1S/C15H22BrN3O/c1-2-9-19(11-5-4-8-18-10-11)13-7-3-6-12(16)14(13)15(17)20/h3,6-7,11,18H,2,4-5,8-10H2,1H3,(H2,17,20). The summed E-state index contributed by atoms with van der Waals surface area (Å²) in [4.78, 5) is 14.1. The molecule has 5 heteroatoms. The van der Waals surface area contributed by atoms with Gasteiger partial charge in [0, 0.05) is 23.6 Å². The number of nitrogens with one attached hydrogen (secondary N) is 1. The van der Waals surface area contributed by atoms with E-state index in [1.165, 1.54) is 6.42 Å². The van der Waals surface area contributed by atoms with Crippen molar-refractivity contribution < 1.29 is 4.79 Å². The van der Waals surface area contributed by atoms with Gasteiger partial charge in [-0.2, -0.15) is 0 Å². The highest BCUT2D eigenvalue weighted by Crippen LogP contribution is 2.30. The molecule has 0 radical (unpaired) electrons. The minimum absolute atomic E-state index is 0.377. The third kappa shape index (κ3) is 3.33. The van der Waals surface area contributed by atoms with Gasteiger partial charge in [-0.3, -0.25) is 4.79 Å². The van der Waals surface area contributed by atoms with Crippen molar-refractivity contribution in [1.29, 1.82) is 0 Å². The number of nitrogens with zero attached hydrogens (tertiary/aromatic N) is 1. The number of rotatable bonds is 5. The summed E-state index contributed by atoms with van der Waals surface area (Å²) in [5.74, 6) is -0.377. The second-order valence-corrected chi connectivity index (χ2v) is 6.05. The van der Waals surface area contributed by atoms with Crippen molar-refractivity contribution in [3.05, 3.63) is 28.2 Å². The van der Waals surface area contributed by atoms with E-state index >= 15 is 0 Å². The Morgan fingerprint density at radius 3 is 2.95 bits per heavy atom. The van der Waals surface area contributed by atoms with Crippen molar-refractivity contribution in [2.45, 2.75) is 32.2 Å². The molecule has 110 valence electrons. The molecule has 0 spiro atoms. The fourth-order valence-corrected chi connectivity index (χ4v) is 3.39. The highest BCUT2D eigenvalue weighted by molar-refractivity contribution is 9.10. The molecule has 1 aromatic rings. The van der Waals surface area contributed by atoms with Gasteiger partial charge in [0.15, 0.2) is 0 Å². The molecule has 0 aliphatic carbocycles. The Balaban J connectivity index is 2.38. The first-order chi connectivity index (χ1) is 9.65. The van der Waals surface area contributed by atoms with Crippen LogP contribution in [0.3, 0.4) is 0 Å². The number of carbonyl (C=O) groups excluding carboxylic acids is 1. The summed E-state index contributed by atoms with van der Waals surface area (Å²) in [6.07, 6.45) is 3.36. The Morgan fingerprint density at radius 1 is 1.55 bits per heavy atom. The SMILES string of the molecule is CCCN(c1cccc(Br)c1C(N)=O)C1CCCNC1. The number of primary amides is 1. The van der Waals surface area contributed by atoms with Crippen molar-refractivity contribution in [2.24, 2.45) is 5.73 Å². The van der Waals surface area contributed by atoms with Gasteiger partial charge in [0.25, 0.3) is 5.91 Å². The highest BCUT2D eigenvalue weighted by atomic mass is 79.9. The zero-order chi connectivity index (χ0) is 14.5. The summed E-state index contributed by atoms with van der Waals surface area (Å²) in [5, 5.41) is 3.44. The molecule has 1 aliphatic heterocycles. The molecule has 1 aliphatic rings. The summed E-state index contributed by atoms with van der Waals surface area (Å²) in [5.41, 5.74) is 7.10. The molecule has 4 nitrogen and oxygen atoms in total. The number of hydrogen-bond acceptors (Lipinski definition) is 3. The predicted octanol–water partition coefficient (Wildman–Crippen LogP) is 2.52. The van der Waals surface area contributed by atoms with Crippen LogP contribution < -0.4 is 16.0 Å². The molecule has 1 aromatic carbocycles. The van der Waals surface area contributed by atoms with Gasteiger partial charge in [-0.25, -0.2) is 0 Å². The Bertz CT molecular complexity index is 472. The quantitative estimate of drug-likeness (QED) is 0.866. The van der Waals surface area contributed by atoms with E-state index in [0.29, 0.717) is 11.6 Å². The number of hydrogen-bond donors (Lipinski definition) is 2. The van der Waals surface area contributed by atoms with Crippen LogP contribution in [0.5, 0.6) is 0 Å². The van der Waals surface area contributed by atoms with Crippen LogP contribution in [0, 0.1) is 0 Å². The third-order valence-corrected chi connectivity index (χ3v) is 4.38. The van der Waals surface area contributed by atoms with Gasteiger partial charge in [-0.05, 0) is 53.9 Å². The minimum Gasteiger partial charge on any atom is -0.367 e. The molecule has 0 aromatic heterocycles. The number of carbonyl (C=O) groups is 1. The van der Waals surface area contributed by atoms with Gasteiger partial charge in [0.05, 0.1) is 11.3 Å². The molecule has 1 amide bonds. The smallest absolute Gasteiger partial charge is 0.251 e. The molecule has 2 rings (SSSR count). The van der Waals surface area contributed by atoms with Crippen LogP contribution in [0.1, 0.15) is 36.5 Å². The van der Waals surface area contributed by atoms with Crippen molar-refractivity contribution >= 4 is 27.5 Å². The van der Waals surface area contributed by atoms with E-state index in [4.69, 9.17) is 5.73 Å². The van der Waals surface area contributed by atoms with E-state index in [9.17, 15) is 4.79 Å². The second kappa shape index (κ2) is 7.09.